The molecule has 0 aliphatic carbocycles. The van der Waals surface area contributed by atoms with Crippen molar-refractivity contribution in [2.45, 2.75) is 32.4 Å². The fourth-order valence-corrected chi connectivity index (χ4v) is 3.97. The third-order valence-electron chi connectivity index (χ3n) is 5.58. The topological polar surface area (TPSA) is 99.4 Å². The molecule has 33 heavy (non-hydrogen) atoms. The lowest BCUT2D eigenvalue weighted by Gasteiger charge is -2.25. The molecule has 1 aliphatic rings. The van der Waals surface area contributed by atoms with Gasteiger partial charge in [-0.2, -0.15) is 0 Å². The van der Waals surface area contributed by atoms with Crippen LogP contribution < -0.4 is 9.30 Å². The molecule has 1 aliphatic heterocycles. The lowest BCUT2D eigenvalue weighted by atomic mass is 9.96. The number of Topliss-reactive ketones (excluding diaryl/α,β-unsaturated/α-hetero) is 1. The molecule has 1 atom stereocenters. The summed E-state index contributed by atoms with van der Waals surface area (Å²) in [5.41, 5.74) is 1.27. The summed E-state index contributed by atoms with van der Waals surface area (Å²) in [5, 5.41) is 11.1. The molecular formula is C25H27N4O4+. The molecule has 170 valence electrons. The van der Waals surface area contributed by atoms with Gasteiger partial charge in [-0.05, 0) is 48.4 Å². The van der Waals surface area contributed by atoms with Crippen LogP contribution >= 0.6 is 0 Å². The third kappa shape index (κ3) is 4.79. The smallest absolute Gasteiger partial charge is 0.295 e. The number of hydrogen-bond donors (Lipinski definition) is 2. The number of likely N-dealkylation sites (tertiary alicyclic amines) is 1. The number of carbonyl (C=O) groups excluding carboxylic acids is 2. The summed E-state index contributed by atoms with van der Waals surface area (Å²) in [6.07, 6.45) is 10.3. The Kier molecular flexibility index (Phi) is 6.83. The highest BCUT2D eigenvalue weighted by molar-refractivity contribution is 6.46. The largest absolute Gasteiger partial charge is 0.507 e. The van der Waals surface area contributed by atoms with Gasteiger partial charge >= 0.3 is 0 Å². The van der Waals surface area contributed by atoms with Crippen LogP contribution in [-0.4, -0.2) is 44.8 Å². The number of imidazole rings is 1. The van der Waals surface area contributed by atoms with E-state index in [1.807, 2.05) is 30.2 Å². The molecule has 1 aromatic carbocycles. The minimum absolute atomic E-state index is 0.0859. The van der Waals surface area contributed by atoms with Crippen LogP contribution in [0.3, 0.4) is 0 Å². The molecule has 8 heteroatoms. The fraction of sp³-hybridized carbons (Fsp3) is 0.280. The monoisotopic (exact) mass is 447 g/mol. The number of aliphatic hydroxyl groups is 1. The predicted octanol–water partition coefficient (Wildman–Crippen LogP) is 3.00. The number of rotatable bonds is 9. The van der Waals surface area contributed by atoms with Gasteiger partial charge in [-0.15, -0.1) is 0 Å². The summed E-state index contributed by atoms with van der Waals surface area (Å²) in [5.74, 6) is -0.809. The van der Waals surface area contributed by atoms with Gasteiger partial charge in [0.05, 0.1) is 24.8 Å². The van der Waals surface area contributed by atoms with Gasteiger partial charge in [0.2, 0.25) is 6.33 Å². The Hall–Kier alpha value is -3.94. The standard InChI is InChI=1S/C25H26N4O4/c1-2-16-33-20-6-4-19(5-7-20)23(30)21-22(18-8-10-26-11-9-18)29(25(32)24(21)31)14-3-13-28-15-12-27-17-28/h4-12,15,17,22H,2-3,13-14,16H2,1H3,(H,30,31)/p+1. The summed E-state index contributed by atoms with van der Waals surface area (Å²) in [6.45, 7) is 3.68. The minimum atomic E-state index is -0.685. The van der Waals surface area contributed by atoms with E-state index in [1.165, 1.54) is 4.90 Å². The van der Waals surface area contributed by atoms with Gasteiger partial charge in [-0.25, -0.2) is 4.57 Å². The van der Waals surface area contributed by atoms with Gasteiger partial charge in [0.1, 0.15) is 23.9 Å². The Labute approximate surface area is 192 Å². The van der Waals surface area contributed by atoms with Gasteiger partial charge < -0.3 is 14.7 Å². The number of ether oxygens (including phenoxy) is 1. The number of pyridine rings is 1. The van der Waals surface area contributed by atoms with Crippen molar-refractivity contribution in [1.29, 1.82) is 0 Å². The lowest BCUT2D eigenvalue weighted by molar-refractivity contribution is -0.695. The number of hydrogen-bond acceptors (Lipinski definition) is 5. The number of aryl methyl sites for hydroxylation is 1. The Bertz CT molecular complexity index is 1120. The van der Waals surface area contributed by atoms with E-state index in [0.717, 1.165) is 12.0 Å². The first-order valence-electron chi connectivity index (χ1n) is 11.0. The molecule has 8 nitrogen and oxygen atoms in total. The van der Waals surface area contributed by atoms with E-state index in [-0.39, 0.29) is 11.3 Å². The maximum Gasteiger partial charge on any atom is 0.295 e. The van der Waals surface area contributed by atoms with E-state index in [0.29, 0.717) is 37.4 Å². The Balaban J connectivity index is 1.66. The fourth-order valence-electron chi connectivity index (χ4n) is 3.97. The highest BCUT2D eigenvalue weighted by atomic mass is 16.5. The van der Waals surface area contributed by atoms with Gasteiger partial charge in [-0.3, -0.25) is 19.6 Å². The second kappa shape index (κ2) is 10.1. The average molecular weight is 448 g/mol. The molecule has 2 N–H and O–H groups in total. The van der Waals surface area contributed by atoms with E-state index in [9.17, 15) is 14.7 Å². The lowest BCUT2D eigenvalue weighted by Crippen LogP contribution is -2.36. The number of aromatic nitrogens is 3. The van der Waals surface area contributed by atoms with Gasteiger partial charge in [0, 0.05) is 30.9 Å². The normalized spacial score (nSPS) is 17.5. The molecule has 0 radical (unpaired) electrons. The number of H-pyrrole nitrogens is 1. The Morgan fingerprint density at radius 3 is 2.61 bits per heavy atom. The Morgan fingerprint density at radius 2 is 1.94 bits per heavy atom. The molecule has 3 heterocycles. The summed E-state index contributed by atoms with van der Waals surface area (Å²) in [7, 11) is 0. The zero-order valence-corrected chi connectivity index (χ0v) is 18.5. The van der Waals surface area contributed by atoms with E-state index in [1.54, 1.807) is 48.8 Å². The number of aromatic amines is 1. The molecule has 0 spiro atoms. The van der Waals surface area contributed by atoms with Crippen molar-refractivity contribution in [2.24, 2.45) is 0 Å². The highest BCUT2D eigenvalue weighted by Gasteiger charge is 2.45. The molecule has 1 unspecified atom stereocenters. The number of ketones is 1. The summed E-state index contributed by atoms with van der Waals surface area (Å²) in [6, 6.07) is 9.73. The zero-order chi connectivity index (χ0) is 23.2. The summed E-state index contributed by atoms with van der Waals surface area (Å²) < 4.78 is 7.57. The summed E-state index contributed by atoms with van der Waals surface area (Å²) >= 11 is 0. The first-order valence-corrected chi connectivity index (χ1v) is 11.0. The van der Waals surface area contributed by atoms with Crippen LogP contribution in [0.4, 0.5) is 0 Å². The van der Waals surface area contributed by atoms with Crippen LogP contribution in [0.5, 0.6) is 5.75 Å². The predicted molar refractivity (Wildman–Crippen MR) is 121 cm³/mol. The number of nitrogens with one attached hydrogen (secondary N) is 1. The van der Waals surface area contributed by atoms with Crippen LogP contribution in [-0.2, 0) is 16.1 Å². The molecule has 2 aromatic heterocycles. The molecule has 1 amide bonds. The van der Waals surface area contributed by atoms with Crippen molar-refractivity contribution in [2.75, 3.05) is 13.2 Å². The molecule has 1 saturated heterocycles. The van der Waals surface area contributed by atoms with Crippen molar-refractivity contribution in [3.63, 3.8) is 0 Å². The van der Waals surface area contributed by atoms with E-state index >= 15 is 0 Å². The quantitative estimate of drug-likeness (QED) is 0.227. The van der Waals surface area contributed by atoms with Crippen molar-refractivity contribution in [3.05, 3.63) is 84.2 Å². The van der Waals surface area contributed by atoms with E-state index < -0.39 is 17.7 Å². The molecule has 3 aromatic rings. The van der Waals surface area contributed by atoms with Crippen LogP contribution in [0.15, 0.2) is 73.1 Å². The molecule has 4 rings (SSSR count). The van der Waals surface area contributed by atoms with Crippen molar-refractivity contribution >= 4 is 17.4 Å². The van der Waals surface area contributed by atoms with Gasteiger partial charge in [0.25, 0.3) is 11.7 Å². The second-order valence-corrected chi connectivity index (χ2v) is 7.85. The van der Waals surface area contributed by atoms with Gasteiger partial charge in [0.15, 0.2) is 0 Å². The van der Waals surface area contributed by atoms with E-state index in [4.69, 9.17) is 4.74 Å². The van der Waals surface area contributed by atoms with Crippen molar-refractivity contribution in [1.82, 2.24) is 14.9 Å². The van der Waals surface area contributed by atoms with Crippen LogP contribution in [0.1, 0.15) is 36.9 Å². The van der Waals surface area contributed by atoms with E-state index in [2.05, 4.69) is 9.97 Å². The molecule has 0 bridgehead atoms. The maximum atomic E-state index is 13.1. The maximum absolute atomic E-state index is 13.1. The SMILES string of the molecule is CCCOc1ccc(/C(O)=C2\C(=O)C(=O)N(CCC[n+]3cc[nH]c3)C2c2ccncc2)cc1. The number of nitrogens with zero attached hydrogens (tertiary/aromatic N) is 3. The van der Waals surface area contributed by atoms with Crippen molar-refractivity contribution < 1.29 is 24.0 Å². The number of amides is 1. The zero-order valence-electron chi connectivity index (χ0n) is 18.5. The van der Waals surface area contributed by atoms with Crippen LogP contribution in [0.2, 0.25) is 0 Å². The Morgan fingerprint density at radius 1 is 1.18 bits per heavy atom. The third-order valence-corrected chi connectivity index (χ3v) is 5.58. The molecular weight excluding hydrogens is 420 g/mol. The summed E-state index contributed by atoms with van der Waals surface area (Å²) in [4.78, 5) is 34.6. The molecule has 1 fully saturated rings. The average Bonchev–Trinajstić information content (AvgIpc) is 3.45. The second-order valence-electron chi connectivity index (χ2n) is 7.85. The van der Waals surface area contributed by atoms with Gasteiger partial charge in [-0.1, -0.05) is 6.92 Å². The number of carbonyl (C=O) groups is 2. The molecule has 0 saturated carbocycles. The van der Waals surface area contributed by atoms with Crippen LogP contribution in [0, 0.1) is 0 Å². The van der Waals surface area contributed by atoms with Crippen LogP contribution in [0.25, 0.3) is 5.76 Å². The minimum Gasteiger partial charge on any atom is -0.507 e. The number of aliphatic hydroxyl groups excluding tert-OH is 1. The first-order chi connectivity index (χ1) is 16.1. The van der Waals surface area contributed by atoms with Crippen molar-refractivity contribution in [3.8, 4) is 5.75 Å². The number of benzene rings is 1. The first kappa shape index (κ1) is 22.3. The highest BCUT2D eigenvalue weighted by Crippen LogP contribution is 2.39.